The number of carboxylic acids is 2. The van der Waals surface area contributed by atoms with Crippen molar-refractivity contribution in [3.05, 3.63) is 82.3 Å². The fourth-order valence-electron chi connectivity index (χ4n) is 4.75. The highest BCUT2D eigenvalue weighted by atomic mass is 79.9. The number of aliphatic carboxylic acids is 2. The molecular weight excluding hydrogens is 522 g/mol. The molecule has 1 fully saturated rings. The molecular formula is C28H30BrN3O4. The van der Waals surface area contributed by atoms with Crippen molar-refractivity contribution in [1.82, 2.24) is 14.4 Å². The molecule has 1 aliphatic heterocycles. The summed E-state index contributed by atoms with van der Waals surface area (Å²) in [6.07, 6.45) is 0. The van der Waals surface area contributed by atoms with Gasteiger partial charge in [-0.25, -0.2) is 9.59 Å². The molecule has 0 amide bonds. The second kappa shape index (κ2) is 11.7. The van der Waals surface area contributed by atoms with E-state index >= 15 is 0 Å². The molecule has 1 aromatic heterocycles. The highest BCUT2D eigenvalue weighted by Crippen LogP contribution is 2.30. The SMILES string of the molecule is CCn1c2ccccc2c2cc(CN3CCN(Cc4ccc(Br)cc4)CC3)ccc21.O=C(O)C(=O)O. The zero-order chi connectivity index (χ0) is 25.7. The predicted molar refractivity (Wildman–Crippen MR) is 145 cm³/mol. The molecule has 5 rings (SSSR count). The lowest BCUT2D eigenvalue weighted by Gasteiger charge is -2.34. The average molecular weight is 552 g/mol. The van der Waals surface area contributed by atoms with E-state index < -0.39 is 11.9 Å². The Bertz CT molecular complexity index is 1350. The smallest absolute Gasteiger partial charge is 0.414 e. The van der Waals surface area contributed by atoms with Gasteiger partial charge in [0.1, 0.15) is 0 Å². The molecule has 3 aromatic carbocycles. The van der Waals surface area contributed by atoms with Crippen LogP contribution in [-0.4, -0.2) is 62.7 Å². The summed E-state index contributed by atoms with van der Waals surface area (Å²) in [5, 5.41) is 17.5. The number of piperazine rings is 1. The Morgan fingerprint density at radius 1 is 0.750 bits per heavy atom. The fraction of sp³-hybridized carbons (Fsp3) is 0.286. The van der Waals surface area contributed by atoms with Gasteiger partial charge in [0, 0.05) is 72.1 Å². The average Bonchev–Trinajstić information content (AvgIpc) is 3.20. The molecule has 7 nitrogen and oxygen atoms in total. The predicted octanol–water partition coefficient (Wildman–Crippen LogP) is 5.05. The van der Waals surface area contributed by atoms with Crippen molar-refractivity contribution in [1.29, 1.82) is 0 Å². The van der Waals surface area contributed by atoms with Crippen molar-refractivity contribution < 1.29 is 19.8 Å². The first-order valence-corrected chi connectivity index (χ1v) is 12.8. The molecule has 1 aliphatic rings. The maximum atomic E-state index is 9.10. The normalized spacial score (nSPS) is 14.5. The number of carboxylic acid groups (broad SMARTS) is 2. The molecule has 0 radical (unpaired) electrons. The van der Waals surface area contributed by atoms with Crippen molar-refractivity contribution >= 4 is 49.7 Å². The third-order valence-electron chi connectivity index (χ3n) is 6.53. The number of nitrogens with zero attached hydrogens (tertiary/aromatic N) is 3. The van der Waals surface area contributed by atoms with E-state index in [0.29, 0.717) is 0 Å². The second-order valence-electron chi connectivity index (χ2n) is 8.90. The molecule has 0 atom stereocenters. The summed E-state index contributed by atoms with van der Waals surface area (Å²) in [6.45, 7) is 9.84. The molecule has 0 aliphatic carbocycles. The minimum absolute atomic E-state index is 1.00. The van der Waals surface area contributed by atoms with Gasteiger partial charge in [-0.2, -0.15) is 0 Å². The van der Waals surface area contributed by atoms with Crippen LogP contribution in [0.1, 0.15) is 18.1 Å². The van der Waals surface area contributed by atoms with E-state index in [9.17, 15) is 0 Å². The first kappa shape index (κ1) is 25.9. The van der Waals surface area contributed by atoms with Crippen molar-refractivity contribution in [3.8, 4) is 0 Å². The summed E-state index contributed by atoms with van der Waals surface area (Å²) in [5.74, 6) is -3.65. The Labute approximate surface area is 218 Å². The van der Waals surface area contributed by atoms with Crippen LogP contribution in [0.15, 0.2) is 71.2 Å². The summed E-state index contributed by atoms with van der Waals surface area (Å²) >= 11 is 3.52. The van der Waals surface area contributed by atoms with Gasteiger partial charge in [-0.3, -0.25) is 9.80 Å². The van der Waals surface area contributed by atoms with Crippen molar-refractivity contribution in [3.63, 3.8) is 0 Å². The Balaban J connectivity index is 0.000000455. The van der Waals surface area contributed by atoms with E-state index in [2.05, 4.69) is 104 Å². The van der Waals surface area contributed by atoms with Gasteiger partial charge in [-0.15, -0.1) is 0 Å². The van der Waals surface area contributed by atoms with Gasteiger partial charge in [0.05, 0.1) is 0 Å². The summed E-state index contributed by atoms with van der Waals surface area (Å²) in [6, 6.07) is 24.6. The molecule has 0 bridgehead atoms. The monoisotopic (exact) mass is 551 g/mol. The number of halogens is 1. The van der Waals surface area contributed by atoms with Crippen LogP contribution in [0, 0.1) is 0 Å². The lowest BCUT2D eigenvalue weighted by atomic mass is 10.1. The number of hydrogen-bond donors (Lipinski definition) is 2. The number of aryl methyl sites for hydroxylation is 1. The van der Waals surface area contributed by atoms with Crippen molar-refractivity contribution in [2.75, 3.05) is 26.2 Å². The Kier molecular flexibility index (Phi) is 8.40. The minimum atomic E-state index is -1.82. The third kappa shape index (κ3) is 6.13. The van der Waals surface area contributed by atoms with Gasteiger partial charge in [0.15, 0.2) is 0 Å². The Morgan fingerprint density at radius 3 is 1.86 bits per heavy atom. The summed E-state index contributed by atoms with van der Waals surface area (Å²) in [7, 11) is 0. The number of hydrogen-bond acceptors (Lipinski definition) is 4. The highest BCUT2D eigenvalue weighted by molar-refractivity contribution is 9.10. The highest BCUT2D eigenvalue weighted by Gasteiger charge is 2.18. The molecule has 1 saturated heterocycles. The van der Waals surface area contributed by atoms with Gasteiger partial charge in [0.2, 0.25) is 0 Å². The summed E-state index contributed by atoms with van der Waals surface area (Å²) in [4.78, 5) is 23.4. The summed E-state index contributed by atoms with van der Waals surface area (Å²) < 4.78 is 3.57. The number of benzene rings is 3. The Hall–Kier alpha value is -3.20. The molecule has 2 N–H and O–H groups in total. The molecule has 0 unspecified atom stereocenters. The first-order valence-electron chi connectivity index (χ1n) is 12.0. The second-order valence-corrected chi connectivity index (χ2v) is 9.82. The van der Waals surface area contributed by atoms with Crippen LogP contribution in [0.25, 0.3) is 21.8 Å². The van der Waals surface area contributed by atoms with Gasteiger partial charge in [-0.1, -0.05) is 52.3 Å². The van der Waals surface area contributed by atoms with Crippen LogP contribution in [0.4, 0.5) is 0 Å². The van der Waals surface area contributed by atoms with E-state index in [1.807, 2.05) is 0 Å². The molecule has 36 heavy (non-hydrogen) atoms. The van der Waals surface area contributed by atoms with Crippen molar-refractivity contribution in [2.24, 2.45) is 0 Å². The maximum Gasteiger partial charge on any atom is 0.414 e. The van der Waals surface area contributed by atoms with Gasteiger partial charge in [0.25, 0.3) is 0 Å². The maximum absolute atomic E-state index is 9.10. The first-order chi connectivity index (χ1) is 17.4. The molecule has 8 heteroatoms. The van der Waals surface area contributed by atoms with Crippen LogP contribution in [0.5, 0.6) is 0 Å². The fourth-order valence-corrected chi connectivity index (χ4v) is 5.02. The number of aromatic nitrogens is 1. The minimum Gasteiger partial charge on any atom is -0.473 e. The van der Waals surface area contributed by atoms with Crippen molar-refractivity contribution in [2.45, 2.75) is 26.6 Å². The van der Waals surface area contributed by atoms with E-state index in [1.54, 1.807) is 0 Å². The van der Waals surface area contributed by atoms with Crippen LogP contribution in [0.3, 0.4) is 0 Å². The molecule has 188 valence electrons. The van der Waals surface area contributed by atoms with Gasteiger partial charge in [-0.05, 0) is 48.4 Å². The molecule has 2 heterocycles. The lowest BCUT2D eigenvalue weighted by molar-refractivity contribution is -0.159. The quantitative estimate of drug-likeness (QED) is 0.337. The zero-order valence-corrected chi connectivity index (χ0v) is 21.8. The number of rotatable bonds is 5. The van der Waals surface area contributed by atoms with Crippen LogP contribution >= 0.6 is 15.9 Å². The van der Waals surface area contributed by atoms with Gasteiger partial charge >= 0.3 is 11.9 Å². The van der Waals surface area contributed by atoms with E-state index in [4.69, 9.17) is 19.8 Å². The van der Waals surface area contributed by atoms with Gasteiger partial charge < -0.3 is 14.8 Å². The zero-order valence-electron chi connectivity index (χ0n) is 20.2. The largest absolute Gasteiger partial charge is 0.473 e. The number of para-hydroxylation sites is 1. The molecule has 0 spiro atoms. The van der Waals surface area contributed by atoms with Crippen LogP contribution in [-0.2, 0) is 29.2 Å². The molecule has 4 aromatic rings. The lowest BCUT2D eigenvalue weighted by Crippen LogP contribution is -2.45. The molecule has 0 saturated carbocycles. The van der Waals surface area contributed by atoms with E-state index in [1.165, 1.54) is 32.9 Å². The van der Waals surface area contributed by atoms with E-state index in [0.717, 1.165) is 50.3 Å². The number of carbonyl (C=O) groups is 2. The van der Waals surface area contributed by atoms with E-state index in [-0.39, 0.29) is 0 Å². The number of fused-ring (bicyclic) bond motifs is 3. The van der Waals surface area contributed by atoms with Crippen LogP contribution in [0.2, 0.25) is 0 Å². The van der Waals surface area contributed by atoms with Crippen LogP contribution < -0.4 is 0 Å². The third-order valence-corrected chi connectivity index (χ3v) is 7.06. The standard InChI is InChI=1S/C26H28BrN3.C2H2O4/c1-2-30-25-6-4-3-5-23(25)24-17-21(9-12-26(24)30)19-29-15-13-28(14-16-29)18-20-7-10-22(27)11-8-20;3-1(4)2(5)6/h3-12,17H,2,13-16,18-19H2,1H3;(H,3,4)(H,5,6). The topological polar surface area (TPSA) is 86.0 Å². The Morgan fingerprint density at radius 2 is 1.28 bits per heavy atom. The summed E-state index contributed by atoms with van der Waals surface area (Å²) in [5.41, 5.74) is 5.50.